The molecule has 0 radical (unpaired) electrons. The molecule has 0 spiro atoms. The second-order valence-electron chi connectivity index (χ2n) is 9.94. The fourth-order valence-electron chi connectivity index (χ4n) is 4.77. The highest BCUT2D eigenvalue weighted by Gasteiger charge is 2.42. The topological polar surface area (TPSA) is 112 Å². The number of ether oxygens (including phenoxy) is 4. The Morgan fingerprint density at radius 3 is 1.71 bits per heavy atom. The van der Waals surface area contributed by atoms with E-state index in [1.54, 1.807) is 0 Å². The number of hydrogen-bond acceptors (Lipinski definition) is 8. The van der Waals surface area contributed by atoms with E-state index in [-0.39, 0.29) is 36.3 Å². The lowest BCUT2D eigenvalue weighted by Crippen LogP contribution is -2.56. The molecule has 1 heterocycles. The third kappa shape index (κ3) is 13.8. The second kappa shape index (κ2) is 16.9. The maximum atomic E-state index is 11.8. The van der Waals surface area contributed by atoms with Crippen LogP contribution in [0.3, 0.4) is 0 Å². The molecular formula is C26H47NO8. The zero-order chi connectivity index (χ0) is 26.4. The summed E-state index contributed by atoms with van der Waals surface area (Å²) < 4.78 is 23.8. The van der Waals surface area contributed by atoms with E-state index in [2.05, 4.69) is 4.90 Å². The summed E-state index contributed by atoms with van der Waals surface area (Å²) in [4.78, 5) is 34.2. The number of aliphatic carboxylic acids is 1. The standard InChI is InChI=1S/C24H43NO6.C2H4O2/c1-17-16-22(25(4)5)23(30-19(3)27)24(28-17)31-21-13-9-7-6-8-12-20(29-18(2)26)14-10-11-15-21;1-2(3)4/h17,20-24H,6-16H2,1-5H3;1H3,(H,3,4)/t17-,20?,21?,22+,23-,24+;/m1./s1. The lowest BCUT2D eigenvalue weighted by molar-refractivity contribution is -0.274. The maximum Gasteiger partial charge on any atom is 0.303 e. The van der Waals surface area contributed by atoms with Crippen LogP contribution in [0.15, 0.2) is 0 Å². The summed E-state index contributed by atoms with van der Waals surface area (Å²) in [5.41, 5.74) is 0. The van der Waals surface area contributed by atoms with Gasteiger partial charge in [-0.1, -0.05) is 25.7 Å². The van der Waals surface area contributed by atoms with Gasteiger partial charge in [0.25, 0.3) is 5.97 Å². The molecule has 0 aromatic rings. The van der Waals surface area contributed by atoms with Gasteiger partial charge in [-0.2, -0.15) is 0 Å². The van der Waals surface area contributed by atoms with Crippen molar-refractivity contribution in [3.05, 3.63) is 0 Å². The minimum atomic E-state index is -0.833. The van der Waals surface area contributed by atoms with E-state index in [0.29, 0.717) is 0 Å². The Morgan fingerprint density at radius 2 is 1.26 bits per heavy atom. The first-order valence-electron chi connectivity index (χ1n) is 13.0. The molecule has 0 aromatic carbocycles. The van der Waals surface area contributed by atoms with Crippen LogP contribution in [0.25, 0.3) is 0 Å². The molecule has 0 amide bonds. The number of rotatable bonds is 5. The summed E-state index contributed by atoms with van der Waals surface area (Å²) >= 11 is 0. The molecule has 9 heteroatoms. The smallest absolute Gasteiger partial charge is 0.303 e. The minimum absolute atomic E-state index is 0.0352. The van der Waals surface area contributed by atoms with Crippen LogP contribution >= 0.6 is 0 Å². The Kier molecular flexibility index (Phi) is 15.1. The maximum absolute atomic E-state index is 11.8. The van der Waals surface area contributed by atoms with Crippen LogP contribution in [0, 0.1) is 0 Å². The largest absolute Gasteiger partial charge is 0.481 e. The minimum Gasteiger partial charge on any atom is -0.481 e. The van der Waals surface area contributed by atoms with Gasteiger partial charge in [0.2, 0.25) is 0 Å². The third-order valence-electron chi connectivity index (χ3n) is 6.32. The molecule has 2 aliphatic rings. The first-order valence-corrected chi connectivity index (χ1v) is 13.0. The van der Waals surface area contributed by atoms with Crippen molar-refractivity contribution in [3.8, 4) is 0 Å². The summed E-state index contributed by atoms with van der Waals surface area (Å²) in [6.07, 6.45) is 10.2. The average molecular weight is 502 g/mol. The number of carbonyl (C=O) groups excluding carboxylic acids is 2. The Hall–Kier alpha value is -1.71. The monoisotopic (exact) mass is 501 g/mol. The van der Waals surface area contributed by atoms with Crippen LogP contribution in [0.2, 0.25) is 0 Å². The number of hydrogen-bond donors (Lipinski definition) is 1. The molecule has 35 heavy (non-hydrogen) atoms. The molecule has 1 saturated heterocycles. The van der Waals surface area contributed by atoms with Crippen molar-refractivity contribution in [2.45, 2.75) is 135 Å². The van der Waals surface area contributed by atoms with Crippen molar-refractivity contribution in [2.24, 2.45) is 0 Å². The SMILES string of the molecule is CC(=O)O.CC(=O)OC1CCCCCCC(O[C@@H]2O[C@H](C)C[C@H](N(C)C)[C@H]2OC(C)=O)CCCC1. The predicted molar refractivity (Wildman–Crippen MR) is 132 cm³/mol. The van der Waals surface area contributed by atoms with Gasteiger partial charge in [0.15, 0.2) is 12.4 Å². The highest BCUT2D eigenvalue weighted by atomic mass is 16.7. The van der Waals surface area contributed by atoms with Crippen LogP contribution in [0.1, 0.15) is 98.3 Å². The van der Waals surface area contributed by atoms with E-state index < -0.39 is 18.4 Å². The lowest BCUT2D eigenvalue weighted by Gasteiger charge is -2.43. The van der Waals surface area contributed by atoms with Gasteiger partial charge >= 0.3 is 11.9 Å². The Bertz CT molecular complexity index is 637. The number of carboxylic acids is 1. The summed E-state index contributed by atoms with van der Waals surface area (Å²) in [7, 11) is 4.01. The molecule has 2 unspecified atom stereocenters. The van der Waals surface area contributed by atoms with Gasteiger partial charge in [-0.3, -0.25) is 14.4 Å². The molecule has 2 rings (SSSR count). The summed E-state index contributed by atoms with van der Waals surface area (Å²) in [6, 6.07) is 0.0633. The van der Waals surface area contributed by atoms with Crippen molar-refractivity contribution in [2.75, 3.05) is 14.1 Å². The molecular weight excluding hydrogens is 454 g/mol. The molecule has 2 fully saturated rings. The van der Waals surface area contributed by atoms with Gasteiger partial charge in [0, 0.05) is 20.8 Å². The van der Waals surface area contributed by atoms with Crippen LogP contribution in [0.5, 0.6) is 0 Å². The van der Waals surface area contributed by atoms with Crippen LogP contribution < -0.4 is 0 Å². The van der Waals surface area contributed by atoms with Crippen molar-refractivity contribution in [1.82, 2.24) is 4.90 Å². The quantitative estimate of drug-likeness (QED) is 0.551. The first kappa shape index (κ1) is 31.3. The molecule has 1 saturated carbocycles. The van der Waals surface area contributed by atoms with Crippen molar-refractivity contribution >= 4 is 17.9 Å². The Labute approximate surface area is 210 Å². The van der Waals surface area contributed by atoms with E-state index in [4.69, 9.17) is 28.8 Å². The lowest BCUT2D eigenvalue weighted by atomic mass is 9.97. The highest BCUT2D eigenvalue weighted by molar-refractivity contribution is 5.66. The van der Waals surface area contributed by atoms with Crippen molar-refractivity contribution in [1.29, 1.82) is 0 Å². The number of esters is 2. The van der Waals surface area contributed by atoms with Gasteiger partial charge in [-0.15, -0.1) is 0 Å². The molecule has 1 aliphatic carbocycles. The molecule has 1 N–H and O–H groups in total. The summed E-state index contributed by atoms with van der Waals surface area (Å²) in [6.45, 7) is 6.07. The van der Waals surface area contributed by atoms with E-state index >= 15 is 0 Å². The van der Waals surface area contributed by atoms with Gasteiger partial charge < -0.3 is 29.0 Å². The zero-order valence-corrected chi connectivity index (χ0v) is 22.5. The van der Waals surface area contributed by atoms with Crippen LogP contribution in [0.4, 0.5) is 0 Å². The number of carbonyl (C=O) groups is 3. The Balaban J connectivity index is 0.00000142. The molecule has 0 aromatic heterocycles. The van der Waals surface area contributed by atoms with Crippen molar-refractivity contribution in [3.63, 3.8) is 0 Å². The molecule has 204 valence electrons. The molecule has 0 bridgehead atoms. The normalized spacial score (nSPS) is 30.6. The predicted octanol–water partition coefficient (Wildman–Crippen LogP) is 4.31. The average Bonchev–Trinajstić information content (AvgIpc) is 2.72. The molecule has 9 nitrogen and oxygen atoms in total. The van der Waals surface area contributed by atoms with Crippen LogP contribution in [-0.2, 0) is 33.3 Å². The van der Waals surface area contributed by atoms with Gasteiger partial charge in [-0.25, -0.2) is 0 Å². The fourth-order valence-corrected chi connectivity index (χ4v) is 4.77. The van der Waals surface area contributed by atoms with E-state index in [0.717, 1.165) is 77.6 Å². The Morgan fingerprint density at radius 1 is 0.800 bits per heavy atom. The number of nitrogens with zero attached hydrogens (tertiary/aromatic N) is 1. The van der Waals surface area contributed by atoms with E-state index in [1.807, 2.05) is 21.0 Å². The molecule has 6 atom stereocenters. The van der Waals surface area contributed by atoms with E-state index in [1.165, 1.54) is 13.8 Å². The fraction of sp³-hybridized carbons (Fsp3) is 0.885. The first-order chi connectivity index (χ1) is 16.5. The van der Waals surface area contributed by atoms with Crippen LogP contribution in [-0.4, -0.2) is 78.8 Å². The zero-order valence-electron chi connectivity index (χ0n) is 22.5. The molecule has 1 aliphatic heterocycles. The highest BCUT2D eigenvalue weighted by Crippen LogP contribution is 2.29. The number of likely N-dealkylation sites (N-methyl/N-ethyl adjacent to an activating group) is 1. The van der Waals surface area contributed by atoms with E-state index in [9.17, 15) is 9.59 Å². The van der Waals surface area contributed by atoms with Crippen molar-refractivity contribution < 1.29 is 38.4 Å². The summed E-state index contributed by atoms with van der Waals surface area (Å²) in [5, 5.41) is 7.42. The second-order valence-corrected chi connectivity index (χ2v) is 9.94. The number of carboxylic acid groups (broad SMARTS) is 1. The summed E-state index contributed by atoms with van der Waals surface area (Å²) in [5.74, 6) is -1.33. The third-order valence-corrected chi connectivity index (χ3v) is 6.32. The van der Waals surface area contributed by atoms with Gasteiger partial charge in [0.05, 0.1) is 18.2 Å². The van der Waals surface area contributed by atoms with Gasteiger partial charge in [-0.05, 0) is 66.0 Å². The van der Waals surface area contributed by atoms with Gasteiger partial charge in [0.1, 0.15) is 6.10 Å².